The molecule has 0 aliphatic heterocycles. The van der Waals surface area contributed by atoms with Crippen LogP contribution in [0.5, 0.6) is 0 Å². The minimum Gasteiger partial charge on any atom is -0.273 e. The van der Waals surface area contributed by atoms with Gasteiger partial charge in [0.25, 0.3) is 0 Å². The molecular formula is C12H13ClN2O2S. The van der Waals surface area contributed by atoms with Crippen LogP contribution in [0.25, 0.3) is 10.9 Å². The van der Waals surface area contributed by atoms with Gasteiger partial charge in [0.1, 0.15) is 0 Å². The molecule has 0 spiro atoms. The Bertz CT molecular complexity index is 686. The first-order chi connectivity index (χ1) is 8.45. The van der Waals surface area contributed by atoms with E-state index in [2.05, 4.69) is 4.98 Å². The molecule has 0 amide bonds. The molecule has 0 fully saturated rings. The van der Waals surface area contributed by atoms with E-state index in [-0.39, 0.29) is 5.75 Å². The Morgan fingerprint density at radius 2 is 2.06 bits per heavy atom. The molecule has 4 nitrogen and oxygen atoms in total. The van der Waals surface area contributed by atoms with Gasteiger partial charge in [-0.05, 0) is 31.2 Å². The van der Waals surface area contributed by atoms with E-state index in [1.807, 2.05) is 0 Å². The van der Waals surface area contributed by atoms with Gasteiger partial charge in [0.2, 0.25) is 10.0 Å². The molecule has 2 aromatic rings. The van der Waals surface area contributed by atoms with Crippen LogP contribution in [-0.2, 0) is 10.0 Å². The number of hydrogen-bond donors (Lipinski definition) is 0. The summed E-state index contributed by atoms with van der Waals surface area (Å²) in [6.45, 7) is 1.62. The highest BCUT2D eigenvalue weighted by atomic mass is 35.5. The summed E-state index contributed by atoms with van der Waals surface area (Å²) >= 11 is 5.90. The molecule has 1 heterocycles. The molecule has 0 saturated heterocycles. The zero-order valence-electron chi connectivity index (χ0n) is 10.1. The maximum Gasteiger partial charge on any atom is 0.234 e. The van der Waals surface area contributed by atoms with Crippen molar-refractivity contribution in [3.05, 3.63) is 35.5 Å². The van der Waals surface area contributed by atoms with Crippen molar-refractivity contribution < 1.29 is 8.42 Å². The van der Waals surface area contributed by atoms with Crippen molar-refractivity contribution in [1.29, 1.82) is 0 Å². The van der Waals surface area contributed by atoms with Gasteiger partial charge in [-0.25, -0.2) is 8.42 Å². The SMILES string of the molecule is CCS(=O)(=O)N(C)c1ccnc2cc(Cl)ccc12. The average molecular weight is 285 g/mol. The molecule has 0 unspecified atom stereocenters. The predicted molar refractivity (Wildman–Crippen MR) is 74.6 cm³/mol. The molecule has 18 heavy (non-hydrogen) atoms. The number of anilines is 1. The summed E-state index contributed by atoms with van der Waals surface area (Å²) < 4.78 is 25.1. The topological polar surface area (TPSA) is 50.3 Å². The monoisotopic (exact) mass is 284 g/mol. The molecule has 0 aliphatic carbocycles. The summed E-state index contributed by atoms with van der Waals surface area (Å²) in [5, 5.41) is 1.34. The van der Waals surface area contributed by atoms with Crippen LogP contribution >= 0.6 is 11.6 Å². The van der Waals surface area contributed by atoms with Crippen LogP contribution in [0, 0.1) is 0 Å². The van der Waals surface area contributed by atoms with Crippen LogP contribution in [0.4, 0.5) is 5.69 Å². The number of sulfonamides is 1. The lowest BCUT2D eigenvalue weighted by Gasteiger charge is -2.19. The van der Waals surface area contributed by atoms with Gasteiger partial charge in [-0.1, -0.05) is 11.6 Å². The minimum absolute atomic E-state index is 0.0565. The van der Waals surface area contributed by atoms with E-state index in [0.29, 0.717) is 16.2 Å². The highest BCUT2D eigenvalue weighted by Crippen LogP contribution is 2.28. The number of nitrogens with zero attached hydrogens (tertiary/aromatic N) is 2. The van der Waals surface area contributed by atoms with E-state index < -0.39 is 10.0 Å². The van der Waals surface area contributed by atoms with Gasteiger partial charge in [-0.15, -0.1) is 0 Å². The Kier molecular flexibility index (Phi) is 3.45. The Labute approximate surface area is 111 Å². The third kappa shape index (κ3) is 2.28. The van der Waals surface area contributed by atoms with Crippen LogP contribution in [0.3, 0.4) is 0 Å². The van der Waals surface area contributed by atoms with Gasteiger partial charge < -0.3 is 0 Å². The van der Waals surface area contributed by atoms with E-state index >= 15 is 0 Å². The molecular weight excluding hydrogens is 272 g/mol. The normalized spacial score (nSPS) is 11.7. The summed E-state index contributed by atoms with van der Waals surface area (Å²) in [4.78, 5) is 4.19. The van der Waals surface area contributed by atoms with E-state index in [0.717, 1.165) is 5.39 Å². The van der Waals surface area contributed by atoms with Gasteiger partial charge in [-0.3, -0.25) is 9.29 Å². The summed E-state index contributed by atoms with van der Waals surface area (Å²) in [6, 6.07) is 6.90. The van der Waals surface area contributed by atoms with Crippen LogP contribution in [0.1, 0.15) is 6.92 Å². The van der Waals surface area contributed by atoms with E-state index in [1.54, 1.807) is 44.4 Å². The molecule has 2 rings (SSSR count). The number of rotatable bonds is 3. The van der Waals surface area contributed by atoms with Crippen LogP contribution < -0.4 is 4.31 Å². The number of fused-ring (bicyclic) bond motifs is 1. The van der Waals surface area contributed by atoms with Crippen LogP contribution in [-0.4, -0.2) is 26.2 Å². The summed E-state index contributed by atoms with van der Waals surface area (Å²) in [5.74, 6) is 0.0565. The summed E-state index contributed by atoms with van der Waals surface area (Å²) in [5.41, 5.74) is 1.29. The maximum absolute atomic E-state index is 11.9. The van der Waals surface area contributed by atoms with Crippen molar-refractivity contribution in [2.24, 2.45) is 0 Å². The smallest absolute Gasteiger partial charge is 0.234 e. The zero-order valence-corrected chi connectivity index (χ0v) is 11.7. The second kappa shape index (κ2) is 4.74. The van der Waals surface area contributed by atoms with Crippen molar-refractivity contribution in [1.82, 2.24) is 4.98 Å². The molecule has 96 valence electrons. The number of pyridine rings is 1. The predicted octanol–water partition coefficient (Wildman–Crippen LogP) is 2.67. The van der Waals surface area contributed by atoms with E-state index in [4.69, 9.17) is 11.6 Å². The Hall–Kier alpha value is -1.33. The van der Waals surface area contributed by atoms with Crippen molar-refractivity contribution in [2.75, 3.05) is 17.1 Å². The number of benzene rings is 1. The van der Waals surface area contributed by atoms with Crippen LogP contribution in [0.15, 0.2) is 30.5 Å². The Balaban J connectivity index is 2.65. The first-order valence-corrected chi connectivity index (χ1v) is 7.45. The lowest BCUT2D eigenvalue weighted by Crippen LogP contribution is -2.28. The molecule has 0 saturated carbocycles. The van der Waals surface area contributed by atoms with Crippen molar-refractivity contribution in [3.8, 4) is 0 Å². The second-order valence-corrected chi connectivity index (χ2v) is 6.58. The number of hydrogen-bond acceptors (Lipinski definition) is 3. The summed E-state index contributed by atoms with van der Waals surface area (Å²) in [6.07, 6.45) is 1.58. The van der Waals surface area contributed by atoms with Gasteiger partial charge in [0.15, 0.2) is 0 Å². The number of halogens is 1. The van der Waals surface area contributed by atoms with Gasteiger partial charge in [0.05, 0.1) is 17.0 Å². The maximum atomic E-state index is 11.9. The standard InChI is InChI=1S/C12H13ClN2O2S/c1-3-18(16,17)15(2)12-6-7-14-11-8-9(13)4-5-10(11)12/h4-8H,3H2,1-2H3. The fourth-order valence-corrected chi connectivity index (χ4v) is 2.74. The second-order valence-electron chi connectivity index (χ2n) is 3.86. The van der Waals surface area contributed by atoms with E-state index in [1.165, 1.54) is 4.31 Å². The third-order valence-electron chi connectivity index (χ3n) is 2.80. The third-order valence-corrected chi connectivity index (χ3v) is 4.80. The molecule has 1 aromatic heterocycles. The molecule has 0 radical (unpaired) electrons. The molecule has 0 bridgehead atoms. The first kappa shape index (κ1) is 13.1. The molecule has 6 heteroatoms. The fraction of sp³-hybridized carbons (Fsp3) is 0.250. The first-order valence-electron chi connectivity index (χ1n) is 5.46. The van der Waals surface area contributed by atoms with Gasteiger partial charge in [0, 0.05) is 23.7 Å². The quantitative estimate of drug-likeness (QED) is 0.871. The van der Waals surface area contributed by atoms with E-state index in [9.17, 15) is 8.42 Å². The van der Waals surface area contributed by atoms with Gasteiger partial charge in [-0.2, -0.15) is 0 Å². The highest BCUT2D eigenvalue weighted by molar-refractivity contribution is 7.92. The van der Waals surface area contributed by atoms with Crippen LogP contribution in [0.2, 0.25) is 5.02 Å². The lowest BCUT2D eigenvalue weighted by molar-refractivity contribution is 0.595. The minimum atomic E-state index is -3.28. The molecule has 0 N–H and O–H groups in total. The zero-order chi connectivity index (χ0) is 13.3. The Morgan fingerprint density at radius 3 is 2.72 bits per heavy atom. The fourth-order valence-electron chi connectivity index (χ4n) is 1.72. The Morgan fingerprint density at radius 1 is 1.33 bits per heavy atom. The van der Waals surface area contributed by atoms with Crippen molar-refractivity contribution in [2.45, 2.75) is 6.92 Å². The van der Waals surface area contributed by atoms with Crippen molar-refractivity contribution >= 4 is 38.2 Å². The number of aromatic nitrogens is 1. The molecule has 0 atom stereocenters. The summed E-state index contributed by atoms with van der Waals surface area (Å²) in [7, 11) is -1.74. The van der Waals surface area contributed by atoms with Crippen molar-refractivity contribution in [3.63, 3.8) is 0 Å². The largest absolute Gasteiger partial charge is 0.273 e. The molecule has 0 aliphatic rings. The van der Waals surface area contributed by atoms with Gasteiger partial charge >= 0.3 is 0 Å². The molecule has 1 aromatic carbocycles. The highest BCUT2D eigenvalue weighted by Gasteiger charge is 2.18. The average Bonchev–Trinajstić information content (AvgIpc) is 2.36. The lowest BCUT2D eigenvalue weighted by atomic mass is 10.2.